The molecular formula is C13H13BrF3N3. The van der Waals surface area contributed by atoms with Gasteiger partial charge in [-0.15, -0.1) is 0 Å². The highest BCUT2D eigenvalue weighted by Gasteiger charge is 2.30. The Kier molecular flexibility index (Phi) is 4.37. The normalized spacial score (nSPS) is 11.7. The number of aryl methyl sites for hydroxylation is 1. The zero-order valence-corrected chi connectivity index (χ0v) is 12.3. The van der Waals surface area contributed by atoms with Crippen LogP contribution < -0.4 is 5.32 Å². The predicted molar refractivity (Wildman–Crippen MR) is 74.4 cm³/mol. The number of nitrogens with zero attached hydrogens (tertiary/aromatic N) is 2. The Labute approximate surface area is 122 Å². The standard InChI is InChI=1S/C13H13BrF3N3/c1-2-20-10(5-6-19-20)8-18-12-7-9(13(15,16)17)3-4-11(12)14/h3-7,18H,2,8H2,1H3. The molecule has 108 valence electrons. The van der Waals surface area contributed by atoms with Crippen LogP contribution >= 0.6 is 15.9 Å². The van der Waals surface area contributed by atoms with Gasteiger partial charge in [0, 0.05) is 22.9 Å². The van der Waals surface area contributed by atoms with Crippen LogP contribution in [0, 0.1) is 0 Å². The molecule has 0 saturated heterocycles. The molecule has 1 heterocycles. The van der Waals surface area contributed by atoms with E-state index in [1.54, 1.807) is 10.9 Å². The third-order valence-electron chi connectivity index (χ3n) is 2.86. The van der Waals surface area contributed by atoms with Gasteiger partial charge in [-0.25, -0.2) is 0 Å². The molecule has 0 aliphatic rings. The number of rotatable bonds is 4. The number of anilines is 1. The third-order valence-corrected chi connectivity index (χ3v) is 3.55. The van der Waals surface area contributed by atoms with Gasteiger partial charge in [-0.1, -0.05) is 0 Å². The number of nitrogens with one attached hydrogen (secondary N) is 1. The van der Waals surface area contributed by atoms with E-state index in [4.69, 9.17) is 0 Å². The number of benzene rings is 1. The van der Waals surface area contributed by atoms with Crippen molar-refractivity contribution < 1.29 is 13.2 Å². The maximum Gasteiger partial charge on any atom is 0.416 e. The van der Waals surface area contributed by atoms with Gasteiger partial charge < -0.3 is 5.32 Å². The third kappa shape index (κ3) is 3.33. The van der Waals surface area contributed by atoms with Crippen molar-refractivity contribution >= 4 is 21.6 Å². The summed E-state index contributed by atoms with van der Waals surface area (Å²) in [6, 6.07) is 5.36. The van der Waals surface area contributed by atoms with Crippen LogP contribution in [-0.4, -0.2) is 9.78 Å². The maximum atomic E-state index is 12.7. The van der Waals surface area contributed by atoms with E-state index in [9.17, 15) is 13.2 Å². The summed E-state index contributed by atoms with van der Waals surface area (Å²) >= 11 is 3.24. The van der Waals surface area contributed by atoms with Crippen LogP contribution in [0.1, 0.15) is 18.2 Å². The average molecular weight is 348 g/mol. The summed E-state index contributed by atoms with van der Waals surface area (Å²) in [4.78, 5) is 0. The molecule has 0 saturated carbocycles. The van der Waals surface area contributed by atoms with E-state index in [1.807, 2.05) is 13.0 Å². The molecule has 0 amide bonds. The van der Waals surface area contributed by atoms with Crippen LogP contribution in [0.25, 0.3) is 0 Å². The molecule has 1 N–H and O–H groups in total. The Bertz CT molecular complexity index is 593. The van der Waals surface area contributed by atoms with Crippen molar-refractivity contribution in [3.8, 4) is 0 Å². The van der Waals surface area contributed by atoms with E-state index >= 15 is 0 Å². The first-order valence-corrected chi connectivity index (χ1v) is 6.82. The number of hydrogen-bond acceptors (Lipinski definition) is 2. The SMILES string of the molecule is CCn1nccc1CNc1cc(C(F)(F)F)ccc1Br. The van der Waals surface area contributed by atoms with Crippen molar-refractivity contribution in [2.45, 2.75) is 26.2 Å². The van der Waals surface area contributed by atoms with Gasteiger partial charge in [0.25, 0.3) is 0 Å². The van der Waals surface area contributed by atoms with E-state index in [0.29, 0.717) is 23.2 Å². The van der Waals surface area contributed by atoms with E-state index in [2.05, 4.69) is 26.3 Å². The van der Waals surface area contributed by atoms with E-state index in [1.165, 1.54) is 6.07 Å². The molecule has 0 unspecified atom stereocenters. The summed E-state index contributed by atoms with van der Waals surface area (Å²) in [5.74, 6) is 0. The molecular weight excluding hydrogens is 335 g/mol. The van der Waals surface area contributed by atoms with Gasteiger partial charge >= 0.3 is 6.18 Å². The summed E-state index contributed by atoms with van der Waals surface area (Å²) in [5.41, 5.74) is 0.646. The van der Waals surface area contributed by atoms with Crippen LogP contribution in [0.2, 0.25) is 0 Å². The van der Waals surface area contributed by atoms with Crippen LogP contribution in [0.15, 0.2) is 34.9 Å². The topological polar surface area (TPSA) is 29.9 Å². The molecule has 0 radical (unpaired) electrons. The summed E-state index contributed by atoms with van der Waals surface area (Å²) in [7, 11) is 0. The van der Waals surface area contributed by atoms with Gasteiger partial charge in [-0.05, 0) is 47.1 Å². The van der Waals surface area contributed by atoms with E-state index in [-0.39, 0.29) is 0 Å². The van der Waals surface area contributed by atoms with Crippen molar-refractivity contribution in [1.29, 1.82) is 0 Å². The first kappa shape index (κ1) is 14.9. The van der Waals surface area contributed by atoms with Gasteiger partial charge in [0.15, 0.2) is 0 Å². The molecule has 1 aromatic carbocycles. The maximum absolute atomic E-state index is 12.7. The minimum atomic E-state index is -4.34. The minimum absolute atomic E-state index is 0.406. The monoisotopic (exact) mass is 347 g/mol. The van der Waals surface area contributed by atoms with Crippen molar-refractivity contribution in [1.82, 2.24) is 9.78 Å². The number of aromatic nitrogens is 2. The highest BCUT2D eigenvalue weighted by atomic mass is 79.9. The zero-order valence-electron chi connectivity index (χ0n) is 10.7. The van der Waals surface area contributed by atoms with Gasteiger partial charge in [0.2, 0.25) is 0 Å². The van der Waals surface area contributed by atoms with Crippen LogP contribution in [0.5, 0.6) is 0 Å². The van der Waals surface area contributed by atoms with Crippen LogP contribution in [0.3, 0.4) is 0 Å². The van der Waals surface area contributed by atoms with E-state index < -0.39 is 11.7 Å². The predicted octanol–water partition coefficient (Wildman–Crippen LogP) is 4.30. The lowest BCUT2D eigenvalue weighted by atomic mass is 10.2. The summed E-state index contributed by atoms with van der Waals surface area (Å²) in [5, 5.41) is 7.11. The van der Waals surface area contributed by atoms with Crippen molar-refractivity contribution in [2.75, 3.05) is 5.32 Å². The Morgan fingerprint density at radius 1 is 1.30 bits per heavy atom. The summed E-state index contributed by atoms with van der Waals surface area (Å²) in [6.45, 7) is 3.08. The first-order chi connectivity index (χ1) is 9.41. The molecule has 2 rings (SSSR count). The van der Waals surface area contributed by atoms with Crippen LogP contribution in [-0.2, 0) is 19.3 Å². The zero-order chi connectivity index (χ0) is 14.8. The molecule has 3 nitrogen and oxygen atoms in total. The Morgan fingerprint density at radius 2 is 2.05 bits per heavy atom. The Hall–Kier alpha value is -1.50. The fourth-order valence-electron chi connectivity index (χ4n) is 1.82. The molecule has 0 spiro atoms. The second-order valence-electron chi connectivity index (χ2n) is 4.18. The van der Waals surface area contributed by atoms with Crippen molar-refractivity contribution in [3.63, 3.8) is 0 Å². The van der Waals surface area contributed by atoms with Gasteiger partial charge in [0.1, 0.15) is 0 Å². The molecule has 0 aliphatic heterocycles. The van der Waals surface area contributed by atoms with Gasteiger partial charge in [-0.2, -0.15) is 18.3 Å². The van der Waals surface area contributed by atoms with Crippen molar-refractivity contribution in [2.24, 2.45) is 0 Å². The molecule has 7 heteroatoms. The highest BCUT2D eigenvalue weighted by molar-refractivity contribution is 9.10. The van der Waals surface area contributed by atoms with Crippen molar-refractivity contribution in [3.05, 3.63) is 46.2 Å². The number of alkyl halides is 3. The largest absolute Gasteiger partial charge is 0.416 e. The van der Waals surface area contributed by atoms with E-state index in [0.717, 1.165) is 17.8 Å². The molecule has 1 aromatic heterocycles. The lowest BCUT2D eigenvalue weighted by molar-refractivity contribution is -0.137. The molecule has 20 heavy (non-hydrogen) atoms. The molecule has 0 atom stereocenters. The Morgan fingerprint density at radius 3 is 2.70 bits per heavy atom. The molecule has 0 fully saturated rings. The molecule has 2 aromatic rings. The fourth-order valence-corrected chi connectivity index (χ4v) is 2.20. The Balaban J connectivity index is 2.17. The molecule has 0 bridgehead atoms. The second kappa shape index (κ2) is 5.87. The van der Waals surface area contributed by atoms with Crippen LogP contribution in [0.4, 0.5) is 18.9 Å². The minimum Gasteiger partial charge on any atom is -0.378 e. The summed E-state index contributed by atoms with van der Waals surface area (Å²) in [6.07, 6.45) is -2.68. The second-order valence-corrected chi connectivity index (χ2v) is 5.04. The fraction of sp³-hybridized carbons (Fsp3) is 0.308. The molecule has 0 aliphatic carbocycles. The quantitative estimate of drug-likeness (QED) is 0.893. The lowest BCUT2D eigenvalue weighted by Gasteiger charge is -2.13. The average Bonchev–Trinajstić information content (AvgIpc) is 2.83. The van der Waals surface area contributed by atoms with Gasteiger partial charge in [-0.3, -0.25) is 4.68 Å². The number of hydrogen-bond donors (Lipinski definition) is 1. The first-order valence-electron chi connectivity index (χ1n) is 6.03. The lowest BCUT2D eigenvalue weighted by Crippen LogP contribution is -2.10. The smallest absolute Gasteiger partial charge is 0.378 e. The number of halogens is 4. The summed E-state index contributed by atoms with van der Waals surface area (Å²) < 4.78 is 40.4. The highest BCUT2D eigenvalue weighted by Crippen LogP contribution is 2.34. The van der Waals surface area contributed by atoms with Gasteiger partial charge in [0.05, 0.1) is 17.8 Å².